The Balaban J connectivity index is 1.58. The quantitative estimate of drug-likeness (QED) is 0.383. The Kier molecular flexibility index (Phi) is 5.17. The van der Waals surface area contributed by atoms with Crippen LogP contribution in [-0.2, 0) is 16.7 Å². The van der Waals surface area contributed by atoms with Crippen LogP contribution < -0.4 is 5.56 Å². The normalized spacial score (nSPS) is 20.1. The summed E-state index contributed by atoms with van der Waals surface area (Å²) in [4.78, 5) is 17.9. The fraction of sp³-hybridized carbons (Fsp3) is 0.280. The van der Waals surface area contributed by atoms with Crippen LogP contribution in [0.15, 0.2) is 46.3 Å². The fourth-order valence-electron chi connectivity index (χ4n) is 4.61. The van der Waals surface area contributed by atoms with Crippen molar-refractivity contribution in [3.05, 3.63) is 86.2 Å². The molecule has 1 saturated carbocycles. The molecule has 1 aromatic carbocycles. The molecule has 3 atom stereocenters. The van der Waals surface area contributed by atoms with E-state index in [1.807, 2.05) is 0 Å². The van der Waals surface area contributed by atoms with Gasteiger partial charge in [0, 0.05) is 40.7 Å². The van der Waals surface area contributed by atoms with Crippen molar-refractivity contribution in [2.75, 3.05) is 6.26 Å². The molecule has 3 aromatic heterocycles. The molecule has 12 heteroatoms. The van der Waals surface area contributed by atoms with Gasteiger partial charge in [-0.1, -0.05) is 17.7 Å². The molecule has 0 radical (unpaired) electrons. The van der Waals surface area contributed by atoms with Crippen LogP contribution in [0.3, 0.4) is 0 Å². The third-order valence-electron chi connectivity index (χ3n) is 6.48. The lowest BCUT2D eigenvalue weighted by molar-refractivity contribution is 0.586. The Hall–Kier alpha value is -3.44. The second kappa shape index (κ2) is 8.84. The van der Waals surface area contributed by atoms with Crippen molar-refractivity contribution in [3.8, 4) is 16.9 Å². The summed E-state index contributed by atoms with van der Waals surface area (Å²) in [5.74, 6) is -2.41. The standard InChI is InChI=1S/C25H23ClF2N6O2S/c1-12-10-30-23(14-6-5-7-19(21(14)27)37(4,29)36)22(28)24(12)34-13(2)8-17(20(26)25(34)35)15-9-16(15)18-11-31-33(3)32-18/h5-8,10-11,15-16,29H,9H2,1-4H3/t15-,16-,37-/m0/s1/i3D3. The predicted molar refractivity (Wildman–Crippen MR) is 136 cm³/mol. The topological polar surface area (TPSA) is 107 Å². The molecule has 5 rings (SSSR count). The van der Waals surface area contributed by atoms with Gasteiger partial charge >= 0.3 is 0 Å². The maximum atomic E-state index is 16.0. The average Bonchev–Trinajstić information content (AvgIpc) is 3.47. The van der Waals surface area contributed by atoms with E-state index in [1.165, 1.54) is 30.6 Å². The second-order valence-corrected chi connectivity index (χ2v) is 11.6. The van der Waals surface area contributed by atoms with Gasteiger partial charge in [0.2, 0.25) is 0 Å². The zero-order valence-electron chi connectivity index (χ0n) is 22.9. The van der Waals surface area contributed by atoms with E-state index in [1.54, 1.807) is 19.9 Å². The number of aryl methyl sites for hydroxylation is 3. The van der Waals surface area contributed by atoms with Gasteiger partial charge in [0.15, 0.2) is 5.82 Å². The van der Waals surface area contributed by atoms with Gasteiger partial charge in [-0.05, 0) is 55.5 Å². The van der Waals surface area contributed by atoms with Gasteiger partial charge in [0.25, 0.3) is 5.56 Å². The van der Waals surface area contributed by atoms with Crippen molar-refractivity contribution in [1.82, 2.24) is 24.5 Å². The molecule has 0 unspecified atom stereocenters. The van der Waals surface area contributed by atoms with Gasteiger partial charge in [-0.15, -0.1) is 0 Å². The van der Waals surface area contributed by atoms with Crippen molar-refractivity contribution in [1.29, 1.82) is 4.78 Å². The summed E-state index contributed by atoms with van der Waals surface area (Å²) in [5.41, 5.74) is 0.0775. The highest BCUT2D eigenvalue weighted by Crippen LogP contribution is 2.55. The molecule has 0 bridgehead atoms. The molecule has 3 heterocycles. The van der Waals surface area contributed by atoms with E-state index in [0.29, 0.717) is 28.2 Å². The molecule has 1 aliphatic rings. The number of benzene rings is 1. The summed E-state index contributed by atoms with van der Waals surface area (Å²) in [5, 5.41) is 7.73. The van der Waals surface area contributed by atoms with Crippen LogP contribution in [-0.4, -0.2) is 35.0 Å². The van der Waals surface area contributed by atoms with E-state index < -0.39 is 39.6 Å². The minimum absolute atomic E-state index is 0.133. The first-order valence-corrected chi connectivity index (χ1v) is 13.5. The smallest absolute Gasteiger partial charge is 0.274 e. The van der Waals surface area contributed by atoms with Crippen LogP contribution in [0.5, 0.6) is 0 Å². The van der Waals surface area contributed by atoms with Crippen molar-refractivity contribution in [2.45, 2.75) is 37.0 Å². The molecule has 0 amide bonds. The van der Waals surface area contributed by atoms with E-state index in [-0.39, 0.29) is 38.6 Å². The van der Waals surface area contributed by atoms with Crippen LogP contribution in [0, 0.1) is 30.3 Å². The lowest BCUT2D eigenvalue weighted by atomic mass is 10.1. The number of rotatable bonds is 5. The number of nitrogens with one attached hydrogen (secondary N) is 1. The summed E-state index contributed by atoms with van der Waals surface area (Å²) in [6.45, 7) is 0.642. The molecule has 4 aromatic rings. The summed E-state index contributed by atoms with van der Waals surface area (Å²) in [6.07, 6.45) is 4.30. The third-order valence-corrected chi connectivity index (χ3v) is 8.01. The molecule has 192 valence electrons. The summed E-state index contributed by atoms with van der Waals surface area (Å²) in [6, 6.07) is 5.48. The first kappa shape index (κ1) is 21.6. The molecule has 1 aliphatic carbocycles. The highest BCUT2D eigenvalue weighted by Gasteiger charge is 2.43. The van der Waals surface area contributed by atoms with E-state index in [9.17, 15) is 9.00 Å². The lowest BCUT2D eigenvalue weighted by Crippen LogP contribution is -2.24. The maximum Gasteiger partial charge on any atom is 0.274 e. The number of hydrogen-bond donors (Lipinski definition) is 1. The Labute approximate surface area is 221 Å². The molecule has 0 spiro atoms. The SMILES string of the molecule is [2H]C([2H])([2H])n1ncc([C@H]2C[C@@H]2c2cc(C)n(-c3c(C)cnc(-c4cccc([S@@](C)(=N)=O)c4F)c3F)c(=O)c2Cl)n1. The minimum Gasteiger partial charge on any atom is -0.277 e. The average molecular weight is 548 g/mol. The summed E-state index contributed by atoms with van der Waals surface area (Å²) < 4.78 is 74.7. The van der Waals surface area contributed by atoms with E-state index in [0.717, 1.165) is 10.8 Å². The molecule has 37 heavy (non-hydrogen) atoms. The van der Waals surface area contributed by atoms with E-state index >= 15 is 8.78 Å². The second-order valence-electron chi connectivity index (χ2n) is 9.12. The predicted octanol–water partition coefficient (Wildman–Crippen LogP) is 4.88. The summed E-state index contributed by atoms with van der Waals surface area (Å²) >= 11 is 6.53. The van der Waals surface area contributed by atoms with Crippen molar-refractivity contribution < 1.29 is 17.1 Å². The van der Waals surface area contributed by atoms with Gasteiger partial charge in [-0.25, -0.2) is 17.8 Å². The van der Waals surface area contributed by atoms with Crippen LogP contribution in [0.2, 0.25) is 5.02 Å². The van der Waals surface area contributed by atoms with Crippen LogP contribution in [0.25, 0.3) is 16.9 Å². The number of nitrogens with zero attached hydrogens (tertiary/aromatic N) is 5. The van der Waals surface area contributed by atoms with Gasteiger partial charge in [0.05, 0.1) is 32.2 Å². The molecular formula is C25H23ClF2N6O2S. The molecule has 8 nitrogen and oxygen atoms in total. The first-order chi connectivity index (χ1) is 18.6. The highest BCUT2D eigenvalue weighted by atomic mass is 35.5. The zero-order valence-corrected chi connectivity index (χ0v) is 21.5. The highest BCUT2D eigenvalue weighted by molar-refractivity contribution is 7.91. The van der Waals surface area contributed by atoms with Crippen LogP contribution in [0.1, 0.15) is 44.9 Å². The van der Waals surface area contributed by atoms with Gasteiger partial charge in [0.1, 0.15) is 16.5 Å². The van der Waals surface area contributed by atoms with Gasteiger partial charge in [-0.2, -0.15) is 15.0 Å². The molecule has 1 N–H and O–H groups in total. The number of pyridine rings is 2. The Bertz CT molecular complexity index is 1860. The van der Waals surface area contributed by atoms with Crippen molar-refractivity contribution in [3.63, 3.8) is 0 Å². The Morgan fingerprint density at radius 3 is 2.65 bits per heavy atom. The maximum absolute atomic E-state index is 16.0. The third kappa shape index (κ3) is 4.25. The first-order valence-electron chi connectivity index (χ1n) is 12.6. The number of aromatic nitrogens is 5. The minimum atomic E-state index is -3.44. The van der Waals surface area contributed by atoms with Crippen molar-refractivity contribution >= 4 is 21.3 Å². The largest absolute Gasteiger partial charge is 0.277 e. The van der Waals surface area contributed by atoms with E-state index in [4.69, 9.17) is 20.5 Å². The molecule has 1 fully saturated rings. The zero-order chi connectivity index (χ0) is 29.3. The summed E-state index contributed by atoms with van der Waals surface area (Å²) in [7, 11) is -3.44. The Morgan fingerprint density at radius 2 is 1.97 bits per heavy atom. The Morgan fingerprint density at radius 1 is 1.22 bits per heavy atom. The van der Waals surface area contributed by atoms with Crippen molar-refractivity contribution in [2.24, 2.45) is 6.98 Å². The van der Waals surface area contributed by atoms with Gasteiger partial charge in [-0.3, -0.25) is 14.3 Å². The molecular weight excluding hydrogens is 522 g/mol. The fourth-order valence-corrected chi connectivity index (χ4v) is 5.68. The van der Waals surface area contributed by atoms with Crippen LogP contribution >= 0.6 is 11.6 Å². The molecule has 0 saturated heterocycles. The molecule has 0 aliphatic heterocycles. The number of hydrogen-bond acceptors (Lipinski definition) is 6. The monoisotopic (exact) mass is 547 g/mol. The van der Waals surface area contributed by atoms with Crippen LogP contribution in [0.4, 0.5) is 8.78 Å². The van der Waals surface area contributed by atoms with Gasteiger partial charge < -0.3 is 0 Å². The lowest BCUT2D eigenvalue weighted by Gasteiger charge is -2.18. The number of halogens is 3. The van der Waals surface area contributed by atoms with E-state index in [2.05, 4.69) is 15.2 Å².